The number of benzene rings is 3. The highest BCUT2D eigenvalue weighted by Crippen LogP contribution is 2.45. The van der Waals surface area contributed by atoms with E-state index < -0.39 is 6.10 Å². The van der Waals surface area contributed by atoms with E-state index in [9.17, 15) is 5.11 Å². The first-order valence-electron chi connectivity index (χ1n) is 19.9. The van der Waals surface area contributed by atoms with Gasteiger partial charge in [0.05, 0.1) is 44.1 Å². The van der Waals surface area contributed by atoms with Crippen molar-refractivity contribution in [3.8, 4) is 11.5 Å². The van der Waals surface area contributed by atoms with Crippen molar-refractivity contribution in [2.75, 3.05) is 40.4 Å². The van der Waals surface area contributed by atoms with E-state index >= 15 is 0 Å². The molecule has 55 heavy (non-hydrogen) atoms. The molecule has 6 aliphatic heterocycles. The van der Waals surface area contributed by atoms with Gasteiger partial charge in [-0.2, -0.15) is 0 Å². The Morgan fingerprint density at radius 1 is 0.727 bits per heavy atom. The maximum Gasteiger partial charge on any atom is 0.119 e. The Morgan fingerprint density at radius 3 is 1.80 bits per heavy atom. The molecule has 8 heterocycles. The molecular weight excluding hydrogens is 685 g/mol. The number of nitrogens with zero attached hydrogens (tertiary/aromatic N) is 4. The smallest absolute Gasteiger partial charge is 0.119 e. The van der Waals surface area contributed by atoms with Gasteiger partial charge in [-0.15, -0.1) is 13.2 Å². The Balaban J connectivity index is 0.000000160. The van der Waals surface area contributed by atoms with Crippen molar-refractivity contribution < 1.29 is 19.3 Å². The largest absolute Gasteiger partial charge is 0.497 e. The third kappa shape index (κ3) is 7.66. The van der Waals surface area contributed by atoms with Crippen molar-refractivity contribution in [2.24, 2.45) is 23.7 Å². The van der Waals surface area contributed by atoms with Gasteiger partial charge < -0.3 is 19.3 Å². The van der Waals surface area contributed by atoms with Crippen molar-refractivity contribution >= 4 is 21.8 Å². The zero-order valence-corrected chi connectivity index (χ0v) is 32.2. The molecule has 3 aromatic carbocycles. The molecule has 4 bridgehead atoms. The van der Waals surface area contributed by atoms with Crippen molar-refractivity contribution in [3.63, 3.8) is 0 Å². The van der Waals surface area contributed by atoms with Gasteiger partial charge in [-0.25, -0.2) is 0 Å². The zero-order chi connectivity index (χ0) is 37.9. The van der Waals surface area contributed by atoms with Gasteiger partial charge >= 0.3 is 0 Å². The first-order valence-corrected chi connectivity index (χ1v) is 19.9. The lowest BCUT2D eigenvalue weighted by Crippen LogP contribution is -2.55. The Labute approximate surface area is 325 Å². The van der Waals surface area contributed by atoms with E-state index in [1.165, 1.54) is 24.0 Å². The number of ether oxygens (including phenoxy) is 3. The molecular formula is C47H54N4O4. The van der Waals surface area contributed by atoms with Crippen LogP contribution < -0.4 is 9.47 Å². The lowest BCUT2D eigenvalue weighted by molar-refractivity contribution is -0.0803. The molecule has 2 aromatic heterocycles. The summed E-state index contributed by atoms with van der Waals surface area (Å²) in [5, 5.41) is 13.2. The van der Waals surface area contributed by atoms with E-state index in [0.29, 0.717) is 36.3 Å². The molecule has 0 saturated carbocycles. The molecule has 0 spiro atoms. The van der Waals surface area contributed by atoms with Crippen LogP contribution in [-0.2, 0) is 11.3 Å². The molecule has 0 amide bonds. The minimum Gasteiger partial charge on any atom is -0.497 e. The summed E-state index contributed by atoms with van der Waals surface area (Å²) < 4.78 is 17.6. The fourth-order valence-corrected chi connectivity index (χ4v) is 9.83. The van der Waals surface area contributed by atoms with E-state index in [1.54, 1.807) is 20.4 Å². The van der Waals surface area contributed by atoms with Crippen LogP contribution in [0.1, 0.15) is 54.6 Å². The molecule has 8 heteroatoms. The van der Waals surface area contributed by atoms with Crippen LogP contribution >= 0.6 is 0 Å². The van der Waals surface area contributed by atoms with E-state index in [-0.39, 0.29) is 12.1 Å². The predicted molar refractivity (Wildman–Crippen MR) is 219 cm³/mol. The maximum atomic E-state index is 11.2. The van der Waals surface area contributed by atoms with E-state index in [0.717, 1.165) is 77.9 Å². The minimum absolute atomic E-state index is 0.0219. The fraction of sp³-hybridized carbons (Fsp3) is 0.404. The lowest BCUT2D eigenvalue weighted by Gasteiger charge is -2.51. The van der Waals surface area contributed by atoms with Gasteiger partial charge in [0.1, 0.15) is 11.5 Å². The average Bonchev–Trinajstić information content (AvgIpc) is 3.26. The molecule has 0 aliphatic carbocycles. The summed E-state index contributed by atoms with van der Waals surface area (Å²) in [4.78, 5) is 14.1. The summed E-state index contributed by atoms with van der Waals surface area (Å²) in [5.41, 5.74) is 5.22. The second-order valence-corrected chi connectivity index (χ2v) is 15.7. The Hall–Kier alpha value is -4.60. The van der Waals surface area contributed by atoms with Crippen LogP contribution in [0.2, 0.25) is 0 Å². The Kier molecular flexibility index (Phi) is 11.3. The van der Waals surface area contributed by atoms with Gasteiger partial charge in [-0.05, 0) is 128 Å². The number of aromatic nitrogens is 2. The summed E-state index contributed by atoms with van der Waals surface area (Å²) in [7, 11) is 3.37. The molecule has 10 atom stereocenters. The summed E-state index contributed by atoms with van der Waals surface area (Å²) in [6, 6.07) is 27.0. The van der Waals surface area contributed by atoms with Gasteiger partial charge in [0.2, 0.25) is 0 Å². The monoisotopic (exact) mass is 738 g/mol. The molecule has 286 valence electrons. The number of methoxy groups -OCH3 is 2. The van der Waals surface area contributed by atoms with Crippen molar-refractivity contribution in [1.82, 2.24) is 19.8 Å². The molecule has 8 unspecified atom stereocenters. The van der Waals surface area contributed by atoms with Gasteiger partial charge in [-0.1, -0.05) is 42.5 Å². The van der Waals surface area contributed by atoms with Crippen LogP contribution in [0.3, 0.4) is 0 Å². The molecule has 8 nitrogen and oxygen atoms in total. The molecule has 6 aliphatic rings. The number of rotatable bonds is 11. The number of aliphatic hydroxyl groups is 1. The lowest BCUT2D eigenvalue weighted by atomic mass is 9.73. The van der Waals surface area contributed by atoms with Gasteiger partial charge in [0, 0.05) is 48.3 Å². The predicted octanol–water partition coefficient (Wildman–Crippen LogP) is 8.57. The van der Waals surface area contributed by atoms with Gasteiger partial charge in [0.25, 0.3) is 0 Å². The normalized spacial score (nSPS) is 27.8. The standard InChI is InChI=1S/C27H30N2O2.C20H24N2O2/c1-3-20-17-29-14-12-21(20)15-26(29)27(31-18-19-7-5-4-6-8-19)23-11-13-28-25-10-9-22(30-2)16-24(23)25;1-3-13-12-22-9-7-14(13)10-19(22)20(23)16-6-8-21-18-5-4-15(24-2)11-17(16)18/h3-11,13,16,20-21,26-27H,1,12,14-15,17-18H2,2H3;3-6,8,11,13-14,19-20,23H,1,7,9-10,12H2,2H3/t20?,21?,26?,27-;13?,14?,19?,20-/m00/s1. The highest BCUT2D eigenvalue weighted by Gasteiger charge is 2.44. The molecule has 1 N–H and O–H groups in total. The third-order valence-electron chi connectivity index (χ3n) is 12.9. The average molecular weight is 739 g/mol. The Bertz CT molecular complexity index is 2110. The molecule has 6 fully saturated rings. The number of hydrogen-bond donors (Lipinski definition) is 1. The second-order valence-electron chi connectivity index (χ2n) is 15.7. The highest BCUT2D eigenvalue weighted by atomic mass is 16.5. The van der Waals surface area contributed by atoms with Crippen LogP contribution in [0.25, 0.3) is 21.8 Å². The summed E-state index contributed by atoms with van der Waals surface area (Å²) >= 11 is 0. The van der Waals surface area contributed by atoms with Crippen molar-refractivity contribution in [2.45, 2.75) is 56.6 Å². The number of aliphatic hydroxyl groups excluding tert-OH is 1. The number of pyridine rings is 2. The first kappa shape index (κ1) is 37.3. The van der Waals surface area contributed by atoms with Crippen LogP contribution in [0, 0.1) is 23.7 Å². The Morgan fingerprint density at radius 2 is 1.27 bits per heavy atom. The fourth-order valence-electron chi connectivity index (χ4n) is 9.83. The topological polar surface area (TPSA) is 80.2 Å². The highest BCUT2D eigenvalue weighted by molar-refractivity contribution is 5.84. The quantitative estimate of drug-likeness (QED) is 0.135. The van der Waals surface area contributed by atoms with E-state index in [1.807, 2.05) is 48.7 Å². The van der Waals surface area contributed by atoms with E-state index in [2.05, 4.69) is 81.5 Å². The second kappa shape index (κ2) is 16.6. The minimum atomic E-state index is -0.504. The van der Waals surface area contributed by atoms with Gasteiger partial charge in [0.15, 0.2) is 0 Å². The molecule has 11 rings (SSSR count). The number of hydrogen-bond acceptors (Lipinski definition) is 8. The van der Waals surface area contributed by atoms with Crippen LogP contribution in [0.15, 0.2) is 117 Å². The summed E-state index contributed by atoms with van der Waals surface area (Å²) in [6.45, 7) is 13.0. The first-order chi connectivity index (χ1) is 27.0. The van der Waals surface area contributed by atoms with Crippen LogP contribution in [-0.4, -0.2) is 77.4 Å². The molecule has 5 aromatic rings. The third-order valence-corrected chi connectivity index (χ3v) is 12.9. The summed E-state index contributed by atoms with van der Waals surface area (Å²) in [6.07, 6.45) is 12.1. The van der Waals surface area contributed by atoms with Crippen LogP contribution in [0.4, 0.5) is 0 Å². The van der Waals surface area contributed by atoms with E-state index in [4.69, 9.17) is 14.2 Å². The van der Waals surface area contributed by atoms with Crippen molar-refractivity contribution in [1.29, 1.82) is 0 Å². The number of piperidine rings is 6. The van der Waals surface area contributed by atoms with Crippen molar-refractivity contribution in [3.05, 3.63) is 133 Å². The van der Waals surface area contributed by atoms with Gasteiger partial charge in [-0.3, -0.25) is 19.8 Å². The summed E-state index contributed by atoms with van der Waals surface area (Å²) in [5.74, 6) is 4.14. The number of fused-ring (bicyclic) bond motifs is 8. The maximum absolute atomic E-state index is 11.2. The molecule has 6 saturated heterocycles. The van der Waals surface area contributed by atoms with Crippen LogP contribution in [0.5, 0.6) is 11.5 Å². The molecule has 0 radical (unpaired) electrons. The SMILES string of the molecule is C=CC1CN2CCC1CC2[C@@H](O)c1ccnc2ccc(OC)cc12.C=CC1CN2CCC1CC2[C@@H](OCc1ccccc1)c1ccnc2ccc(OC)cc12. The zero-order valence-electron chi connectivity index (χ0n) is 32.2.